The Labute approximate surface area is 101 Å². The quantitative estimate of drug-likeness (QED) is 0.720. The predicted molar refractivity (Wildman–Crippen MR) is 71.7 cm³/mol. The first kappa shape index (κ1) is 10.3. The summed E-state index contributed by atoms with van der Waals surface area (Å²) in [5.74, 6) is 1.66. The lowest BCUT2D eigenvalue weighted by Gasteiger charge is -2.15. The van der Waals surface area contributed by atoms with Gasteiger partial charge in [0.1, 0.15) is 5.82 Å². The van der Waals surface area contributed by atoms with E-state index in [1.807, 2.05) is 6.07 Å². The van der Waals surface area contributed by atoms with Gasteiger partial charge in [0, 0.05) is 5.70 Å². The van der Waals surface area contributed by atoms with Crippen LogP contribution in [0.4, 0.5) is 0 Å². The van der Waals surface area contributed by atoms with Crippen LogP contribution in [0.5, 0.6) is 0 Å². The van der Waals surface area contributed by atoms with Crippen LogP contribution in [-0.4, -0.2) is 9.55 Å². The maximum absolute atomic E-state index is 4.60. The highest BCUT2D eigenvalue weighted by Gasteiger charge is 2.12. The molecule has 3 rings (SSSR count). The molecular weight excluding hydrogens is 208 g/mol. The maximum atomic E-state index is 4.60. The summed E-state index contributed by atoms with van der Waals surface area (Å²) < 4.78 is 2.24. The zero-order chi connectivity index (χ0) is 11.8. The summed E-state index contributed by atoms with van der Waals surface area (Å²) in [5, 5.41) is 0. The van der Waals surface area contributed by atoms with Gasteiger partial charge in [0.05, 0.1) is 11.0 Å². The molecule has 1 unspecified atom stereocenters. The number of para-hydroxylation sites is 2. The van der Waals surface area contributed by atoms with Gasteiger partial charge in [0.2, 0.25) is 0 Å². The van der Waals surface area contributed by atoms with Gasteiger partial charge in [-0.1, -0.05) is 31.2 Å². The van der Waals surface area contributed by atoms with E-state index in [1.165, 1.54) is 11.2 Å². The Balaban J connectivity index is 2.23. The Kier molecular flexibility index (Phi) is 2.36. The van der Waals surface area contributed by atoms with Crippen molar-refractivity contribution in [1.29, 1.82) is 0 Å². The van der Waals surface area contributed by atoms with Crippen molar-refractivity contribution < 1.29 is 0 Å². The number of hydrogen-bond acceptors (Lipinski definition) is 1. The zero-order valence-electron chi connectivity index (χ0n) is 10.2. The molecule has 1 aliphatic carbocycles. The normalized spacial score (nSPS) is 19.6. The van der Waals surface area contributed by atoms with Crippen molar-refractivity contribution in [2.45, 2.75) is 20.3 Å². The van der Waals surface area contributed by atoms with Crippen molar-refractivity contribution in [2.24, 2.45) is 5.92 Å². The third-order valence-electron chi connectivity index (χ3n) is 3.24. The number of aromatic nitrogens is 2. The lowest BCUT2D eigenvalue weighted by Crippen LogP contribution is -2.03. The van der Waals surface area contributed by atoms with Gasteiger partial charge in [-0.15, -0.1) is 0 Å². The van der Waals surface area contributed by atoms with Gasteiger partial charge in [0.15, 0.2) is 0 Å². The minimum atomic E-state index is 0.607. The maximum Gasteiger partial charge on any atom is 0.111 e. The molecule has 0 spiro atoms. The molecule has 1 aromatic carbocycles. The number of allylic oxidation sites excluding steroid dienone is 4. The molecule has 0 amide bonds. The SMILES string of the molecule is Cc1nc2ccccc2n1C1=CC(C)CC=C1. The van der Waals surface area contributed by atoms with Crippen LogP contribution in [0.3, 0.4) is 0 Å². The molecule has 1 aliphatic rings. The zero-order valence-corrected chi connectivity index (χ0v) is 10.2. The van der Waals surface area contributed by atoms with E-state index in [2.05, 4.69) is 59.8 Å². The minimum absolute atomic E-state index is 0.607. The summed E-state index contributed by atoms with van der Waals surface area (Å²) in [7, 11) is 0. The number of hydrogen-bond donors (Lipinski definition) is 0. The Morgan fingerprint density at radius 1 is 1.29 bits per heavy atom. The average molecular weight is 224 g/mol. The molecule has 86 valence electrons. The second-order valence-corrected chi connectivity index (χ2v) is 4.69. The van der Waals surface area contributed by atoms with Crippen molar-refractivity contribution in [3.8, 4) is 0 Å². The first-order valence-electron chi connectivity index (χ1n) is 6.08. The van der Waals surface area contributed by atoms with E-state index in [0.29, 0.717) is 5.92 Å². The summed E-state index contributed by atoms with van der Waals surface area (Å²) >= 11 is 0. The number of aryl methyl sites for hydroxylation is 1. The first-order chi connectivity index (χ1) is 8.25. The summed E-state index contributed by atoms with van der Waals surface area (Å²) in [5.41, 5.74) is 3.50. The largest absolute Gasteiger partial charge is 0.297 e. The number of imidazole rings is 1. The second-order valence-electron chi connectivity index (χ2n) is 4.69. The topological polar surface area (TPSA) is 17.8 Å². The standard InChI is InChI=1S/C15H16N2/c1-11-6-5-7-13(10-11)17-12(2)16-14-8-3-4-9-15(14)17/h3-5,7-11H,6H2,1-2H3. The molecule has 0 N–H and O–H groups in total. The van der Waals surface area contributed by atoms with Crippen molar-refractivity contribution in [3.05, 3.63) is 48.3 Å². The molecule has 0 aliphatic heterocycles. The smallest absolute Gasteiger partial charge is 0.111 e. The van der Waals surface area contributed by atoms with Crippen LogP contribution in [0.2, 0.25) is 0 Å². The molecule has 2 heteroatoms. The van der Waals surface area contributed by atoms with Gasteiger partial charge in [0.25, 0.3) is 0 Å². The summed E-state index contributed by atoms with van der Waals surface area (Å²) in [6, 6.07) is 8.29. The van der Waals surface area contributed by atoms with Crippen molar-refractivity contribution in [1.82, 2.24) is 9.55 Å². The number of fused-ring (bicyclic) bond motifs is 1. The van der Waals surface area contributed by atoms with Gasteiger partial charge >= 0.3 is 0 Å². The fourth-order valence-electron chi connectivity index (χ4n) is 2.44. The molecule has 0 bridgehead atoms. The van der Waals surface area contributed by atoms with Gasteiger partial charge in [-0.3, -0.25) is 4.57 Å². The van der Waals surface area contributed by atoms with Crippen LogP contribution in [0.15, 0.2) is 42.5 Å². The highest BCUT2D eigenvalue weighted by molar-refractivity contribution is 5.81. The summed E-state index contributed by atoms with van der Waals surface area (Å²) in [6.45, 7) is 4.31. The number of rotatable bonds is 1. The predicted octanol–water partition coefficient (Wildman–Crippen LogP) is 3.78. The second kappa shape index (κ2) is 3.88. The molecule has 17 heavy (non-hydrogen) atoms. The Morgan fingerprint density at radius 2 is 2.12 bits per heavy atom. The third kappa shape index (κ3) is 1.70. The molecule has 0 radical (unpaired) electrons. The summed E-state index contributed by atoms with van der Waals surface area (Å²) in [4.78, 5) is 4.60. The van der Waals surface area contributed by atoms with Gasteiger partial charge in [-0.25, -0.2) is 4.98 Å². The van der Waals surface area contributed by atoms with Crippen LogP contribution < -0.4 is 0 Å². The number of nitrogens with zero attached hydrogens (tertiary/aromatic N) is 2. The number of benzene rings is 1. The summed E-state index contributed by atoms with van der Waals surface area (Å²) in [6.07, 6.45) is 7.89. The molecular formula is C15H16N2. The molecule has 1 heterocycles. The molecule has 2 aromatic rings. The Hall–Kier alpha value is -1.83. The van der Waals surface area contributed by atoms with E-state index < -0.39 is 0 Å². The van der Waals surface area contributed by atoms with Crippen molar-refractivity contribution in [2.75, 3.05) is 0 Å². The lowest BCUT2D eigenvalue weighted by atomic mass is 10.0. The highest BCUT2D eigenvalue weighted by atomic mass is 15.1. The first-order valence-corrected chi connectivity index (χ1v) is 6.08. The molecule has 1 aromatic heterocycles. The van der Waals surface area contributed by atoms with Crippen LogP contribution in [0, 0.1) is 12.8 Å². The molecule has 0 fully saturated rings. The van der Waals surface area contributed by atoms with Gasteiger partial charge < -0.3 is 0 Å². The molecule has 1 atom stereocenters. The molecule has 0 saturated carbocycles. The van der Waals surface area contributed by atoms with Crippen LogP contribution in [0.25, 0.3) is 16.7 Å². The van der Waals surface area contributed by atoms with Crippen LogP contribution >= 0.6 is 0 Å². The monoisotopic (exact) mass is 224 g/mol. The van der Waals surface area contributed by atoms with Crippen LogP contribution in [-0.2, 0) is 0 Å². The Morgan fingerprint density at radius 3 is 2.94 bits per heavy atom. The third-order valence-corrected chi connectivity index (χ3v) is 3.24. The van der Waals surface area contributed by atoms with E-state index in [9.17, 15) is 0 Å². The molecule has 0 saturated heterocycles. The Bertz CT molecular complexity index is 617. The highest BCUT2D eigenvalue weighted by Crippen LogP contribution is 2.25. The van der Waals surface area contributed by atoms with Gasteiger partial charge in [-0.05, 0) is 37.5 Å². The van der Waals surface area contributed by atoms with Crippen molar-refractivity contribution in [3.63, 3.8) is 0 Å². The van der Waals surface area contributed by atoms with E-state index in [4.69, 9.17) is 0 Å². The van der Waals surface area contributed by atoms with Gasteiger partial charge in [-0.2, -0.15) is 0 Å². The fraction of sp³-hybridized carbons (Fsp3) is 0.267. The van der Waals surface area contributed by atoms with E-state index in [0.717, 1.165) is 17.8 Å². The van der Waals surface area contributed by atoms with E-state index >= 15 is 0 Å². The van der Waals surface area contributed by atoms with Crippen molar-refractivity contribution >= 4 is 16.7 Å². The average Bonchev–Trinajstić information content (AvgIpc) is 2.64. The lowest BCUT2D eigenvalue weighted by molar-refractivity contribution is 0.733. The minimum Gasteiger partial charge on any atom is -0.297 e. The van der Waals surface area contributed by atoms with E-state index in [1.54, 1.807) is 0 Å². The van der Waals surface area contributed by atoms with E-state index in [-0.39, 0.29) is 0 Å². The molecule has 2 nitrogen and oxygen atoms in total. The fourth-order valence-corrected chi connectivity index (χ4v) is 2.44. The van der Waals surface area contributed by atoms with Crippen LogP contribution in [0.1, 0.15) is 19.2 Å².